The fourth-order valence-corrected chi connectivity index (χ4v) is 2.84. The second kappa shape index (κ2) is 9.33. The fraction of sp³-hybridized carbons (Fsp3) is 0.174. The topological polar surface area (TPSA) is 59.6 Å². The van der Waals surface area contributed by atoms with Gasteiger partial charge < -0.3 is 20.1 Å². The first-order valence-corrected chi connectivity index (χ1v) is 8.92. The number of nitrogens with one attached hydrogen (secondary N) is 2. The molecule has 0 fully saturated rings. The van der Waals surface area contributed by atoms with Crippen LogP contribution in [0.2, 0.25) is 0 Å². The summed E-state index contributed by atoms with van der Waals surface area (Å²) < 4.78 is 10.7. The summed E-state index contributed by atoms with van der Waals surface area (Å²) >= 11 is 0. The van der Waals surface area contributed by atoms with Crippen LogP contribution in [-0.2, 0) is 13.1 Å². The van der Waals surface area contributed by atoms with Gasteiger partial charge in [-0.2, -0.15) is 0 Å². The van der Waals surface area contributed by atoms with E-state index < -0.39 is 0 Å². The molecule has 5 nitrogen and oxygen atoms in total. The third-order valence-electron chi connectivity index (χ3n) is 4.26. The highest BCUT2D eigenvalue weighted by atomic mass is 16.5. The average Bonchev–Trinajstić information content (AvgIpc) is 2.74. The lowest BCUT2D eigenvalue weighted by Gasteiger charge is -2.12. The van der Waals surface area contributed by atoms with Crippen LogP contribution in [0, 0.1) is 12.3 Å². The van der Waals surface area contributed by atoms with Crippen LogP contribution in [0.4, 0.5) is 4.79 Å². The Morgan fingerprint density at radius 3 is 2.32 bits per heavy atom. The van der Waals surface area contributed by atoms with Crippen molar-refractivity contribution >= 4 is 16.8 Å². The minimum absolute atomic E-state index is 0.152. The molecular weight excluding hydrogens is 352 g/mol. The Morgan fingerprint density at radius 2 is 1.61 bits per heavy atom. The smallest absolute Gasteiger partial charge is 0.315 e. The van der Waals surface area contributed by atoms with Gasteiger partial charge >= 0.3 is 6.03 Å². The van der Waals surface area contributed by atoms with Crippen molar-refractivity contribution in [1.82, 2.24) is 10.6 Å². The molecule has 28 heavy (non-hydrogen) atoms. The van der Waals surface area contributed by atoms with Gasteiger partial charge in [0.25, 0.3) is 0 Å². The quantitative estimate of drug-likeness (QED) is 0.618. The number of rotatable bonds is 7. The molecule has 0 radical (unpaired) electrons. The van der Waals surface area contributed by atoms with Crippen molar-refractivity contribution in [3.8, 4) is 23.8 Å². The predicted molar refractivity (Wildman–Crippen MR) is 110 cm³/mol. The lowest BCUT2D eigenvalue weighted by atomic mass is 10.1. The van der Waals surface area contributed by atoms with E-state index in [1.807, 2.05) is 24.3 Å². The van der Waals surface area contributed by atoms with E-state index in [4.69, 9.17) is 15.9 Å². The van der Waals surface area contributed by atoms with E-state index in [1.54, 1.807) is 19.2 Å². The fourth-order valence-electron chi connectivity index (χ4n) is 2.84. The molecule has 0 unspecified atom stereocenters. The Labute approximate surface area is 164 Å². The summed E-state index contributed by atoms with van der Waals surface area (Å²) in [4.78, 5) is 12.1. The number of hydrogen-bond acceptors (Lipinski definition) is 3. The number of amides is 2. The van der Waals surface area contributed by atoms with E-state index in [0.717, 1.165) is 16.5 Å². The summed E-state index contributed by atoms with van der Waals surface area (Å²) in [6.07, 6.45) is 5.24. The van der Waals surface area contributed by atoms with Crippen LogP contribution >= 0.6 is 0 Å². The molecule has 0 bridgehead atoms. The summed E-state index contributed by atoms with van der Waals surface area (Å²) in [7, 11) is 1.57. The monoisotopic (exact) mass is 374 g/mol. The van der Waals surface area contributed by atoms with E-state index in [1.165, 1.54) is 5.39 Å². The van der Waals surface area contributed by atoms with Gasteiger partial charge in [0.1, 0.15) is 6.61 Å². The van der Waals surface area contributed by atoms with Crippen molar-refractivity contribution in [1.29, 1.82) is 0 Å². The second-order valence-corrected chi connectivity index (χ2v) is 6.20. The number of carbonyl (C=O) groups excluding carboxylic acids is 1. The number of fused-ring (bicyclic) bond motifs is 1. The van der Waals surface area contributed by atoms with Gasteiger partial charge in [-0.05, 0) is 40.1 Å². The predicted octanol–water partition coefficient (Wildman–Crippen LogP) is 3.86. The summed E-state index contributed by atoms with van der Waals surface area (Å²) in [6, 6.07) is 19.5. The van der Waals surface area contributed by atoms with Crippen molar-refractivity contribution in [3.05, 3.63) is 71.8 Å². The molecule has 0 aliphatic heterocycles. The van der Waals surface area contributed by atoms with Crippen LogP contribution in [0.5, 0.6) is 11.5 Å². The summed E-state index contributed by atoms with van der Waals surface area (Å²) in [5, 5.41) is 8.04. The normalized spacial score (nSPS) is 10.1. The third-order valence-corrected chi connectivity index (χ3v) is 4.26. The molecule has 2 amide bonds. The highest BCUT2D eigenvalue weighted by Crippen LogP contribution is 2.28. The zero-order valence-corrected chi connectivity index (χ0v) is 15.7. The van der Waals surface area contributed by atoms with Crippen molar-refractivity contribution in [2.24, 2.45) is 0 Å². The number of carbonyl (C=O) groups is 1. The lowest BCUT2D eigenvalue weighted by molar-refractivity contribution is 0.240. The molecule has 2 N–H and O–H groups in total. The van der Waals surface area contributed by atoms with E-state index in [0.29, 0.717) is 24.6 Å². The highest BCUT2D eigenvalue weighted by molar-refractivity contribution is 5.83. The van der Waals surface area contributed by atoms with Crippen LogP contribution in [0.3, 0.4) is 0 Å². The number of ether oxygens (including phenoxy) is 2. The molecule has 5 heteroatoms. The molecule has 142 valence electrons. The first kappa shape index (κ1) is 19.1. The molecule has 0 aliphatic carbocycles. The molecule has 3 rings (SSSR count). The van der Waals surface area contributed by atoms with E-state index >= 15 is 0 Å². The number of urea groups is 1. The molecule has 0 heterocycles. The van der Waals surface area contributed by atoms with Gasteiger partial charge in [0.2, 0.25) is 0 Å². The third kappa shape index (κ3) is 4.95. The Hall–Kier alpha value is -3.65. The van der Waals surface area contributed by atoms with Gasteiger partial charge in [-0.1, -0.05) is 48.4 Å². The van der Waals surface area contributed by atoms with Crippen LogP contribution in [0.1, 0.15) is 11.1 Å². The highest BCUT2D eigenvalue weighted by Gasteiger charge is 2.07. The second-order valence-electron chi connectivity index (χ2n) is 6.20. The number of hydrogen-bond donors (Lipinski definition) is 2. The minimum Gasteiger partial charge on any atom is -0.493 e. The minimum atomic E-state index is -0.241. The molecule has 0 aromatic heterocycles. The zero-order valence-electron chi connectivity index (χ0n) is 15.7. The molecule has 3 aromatic carbocycles. The molecule has 0 atom stereocenters. The maximum absolute atomic E-state index is 12.1. The molecule has 0 saturated carbocycles. The maximum Gasteiger partial charge on any atom is 0.315 e. The summed E-state index contributed by atoms with van der Waals surface area (Å²) in [6.45, 7) is 0.968. The van der Waals surface area contributed by atoms with Gasteiger partial charge in [-0.15, -0.1) is 6.42 Å². The van der Waals surface area contributed by atoms with E-state index in [-0.39, 0.29) is 12.6 Å². The van der Waals surface area contributed by atoms with Gasteiger partial charge in [-0.25, -0.2) is 4.79 Å². The van der Waals surface area contributed by atoms with E-state index in [2.05, 4.69) is 40.8 Å². The van der Waals surface area contributed by atoms with Crippen LogP contribution in [0.25, 0.3) is 10.8 Å². The first-order chi connectivity index (χ1) is 13.7. The average molecular weight is 374 g/mol. The summed E-state index contributed by atoms with van der Waals surface area (Å²) in [5.41, 5.74) is 1.93. The number of benzene rings is 3. The van der Waals surface area contributed by atoms with Crippen molar-refractivity contribution in [2.75, 3.05) is 13.7 Å². The molecular formula is C23H22N2O3. The van der Waals surface area contributed by atoms with Crippen molar-refractivity contribution in [3.63, 3.8) is 0 Å². The van der Waals surface area contributed by atoms with Crippen LogP contribution < -0.4 is 20.1 Å². The standard InChI is InChI=1S/C23H22N2O3/c1-3-12-28-22-14-18(9-11-21(22)27-2)16-25-23(26)24-15-17-8-10-19-6-4-5-7-20(19)13-17/h1,4-11,13-14H,12,15-16H2,2H3,(H2,24,25,26). The number of methoxy groups -OCH3 is 1. The van der Waals surface area contributed by atoms with Gasteiger partial charge in [0, 0.05) is 13.1 Å². The maximum atomic E-state index is 12.1. The molecule has 0 spiro atoms. The SMILES string of the molecule is C#CCOc1cc(CNC(=O)NCc2ccc3ccccc3c2)ccc1OC. The Kier molecular flexibility index (Phi) is 6.37. The molecule has 0 aliphatic rings. The molecule has 3 aromatic rings. The van der Waals surface area contributed by atoms with Crippen LogP contribution in [-0.4, -0.2) is 19.7 Å². The Morgan fingerprint density at radius 1 is 0.929 bits per heavy atom. The van der Waals surface area contributed by atoms with Crippen molar-refractivity contribution in [2.45, 2.75) is 13.1 Å². The van der Waals surface area contributed by atoms with Crippen LogP contribution in [0.15, 0.2) is 60.7 Å². The number of terminal acetylenes is 1. The zero-order chi connectivity index (χ0) is 19.8. The Bertz CT molecular complexity index is 1010. The summed E-state index contributed by atoms with van der Waals surface area (Å²) in [5.74, 6) is 3.57. The van der Waals surface area contributed by atoms with Gasteiger partial charge in [0.05, 0.1) is 7.11 Å². The van der Waals surface area contributed by atoms with Crippen molar-refractivity contribution < 1.29 is 14.3 Å². The lowest BCUT2D eigenvalue weighted by Crippen LogP contribution is -2.34. The molecule has 0 saturated heterocycles. The first-order valence-electron chi connectivity index (χ1n) is 8.92. The van der Waals surface area contributed by atoms with E-state index in [9.17, 15) is 4.79 Å². The largest absolute Gasteiger partial charge is 0.493 e. The van der Waals surface area contributed by atoms with Gasteiger partial charge in [-0.3, -0.25) is 0 Å². The Balaban J connectivity index is 1.54. The van der Waals surface area contributed by atoms with Gasteiger partial charge in [0.15, 0.2) is 11.5 Å².